The molecule has 2 N–H and O–H groups in total. The summed E-state index contributed by atoms with van der Waals surface area (Å²) in [6.07, 6.45) is 8.88. The van der Waals surface area contributed by atoms with Crippen LogP contribution in [0.5, 0.6) is 0 Å². The molecule has 0 aromatic heterocycles. The van der Waals surface area contributed by atoms with Crippen LogP contribution in [0.25, 0.3) is 0 Å². The maximum atomic E-state index is 12.4. The molecule has 2 unspecified atom stereocenters. The molecule has 0 aromatic rings. The van der Waals surface area contributed by atoms with Crippen molar-refractivity contribution in [2.45, 2.75) is 64.8 Å². The minimum atomic E-state index is -0.297. The van der Waals surface area contributed by atoms with Crippen LogP contribution in [0, 0.1) is 11.3 Å². The summed E-state index contributed by atoms with van der Waals surface area (Å²) in [6.45, 7) is 6.08. The van der Waals surface area contributed by atoms with Crippen LogP contribution in [0.1, 0.15) is 58.8 Å². The van der Waals surface area contributed by atoms with Crippen molar-refractivity contribution in [3.63, 3.8) is 0 Å². The molecule has 0 bridgehead atoms. The molecule has 1 aliphatic carbocycles. The number of nitrogens with zero attached hydrogens (tertiary/aromatic N) is 1. The highest BCUT2D eigenvalue weighted by atomic mass is 35.5. The Morgan fingerprint density at radius 1 is 1.26 bits per heavy atom. The average Bonchev–Trinajstić information content (AvgIpc) is 2.80. The van der Waals surface area contributed by atoms with Crippen molar-refractivity contribution in [2.24, 2.45) is 17.1 Å². The standard InChI is InChI=1S/C15H28N2O.ClH/c1-3-12(2)13(16)14(18)17-10-9-15(11-17)7-5-4-6-8-15;/h12-13H,3-11,16H2,1-2H3;1H. The minimum Gasteiger partial charge on any atom is -0.341 e. The zero-order valence-electron chi connectivity index (χ0n) is 12.4. The maximum absolute atomic E-state index is 12.4. The van der Waals surface area contributed by atoms with Crippen molar-refractivity contribution in [3.8, 4) is 0 Å². The molecule has 0 radical (unpaired) electrons. The number of amides is 1. The lowest BCUT2D eigenvalue weighted by atomic mass is 9.73. The Labute approximate surface area is 123 Å². The molecule has 1 heterocycles. The molecule has 0 aromatic carbocycles. The molecule has 112 valence electrons. The van der Waals surface area contributed by atoms with Gasteiger partial charge in [0.05, 0.1) is 6.04 Å². The SMILES string of the molecule is CCC(C)C(N)C(=O)N1CCC2(CCCCC2)C1.Cl. The predicted octanol–water partition coefficient (Wildman–Crippen LogP) is 2.96. The molecule has 1 amide bonds. The van der Waals surface area contributed by atoms with Crippen LogP contribution in [0.2, 0.25) is 0 Å². The van der Waals surface area contributed by atoms with E-state index in [-0.39, 0.29) is 24.4 Å². The highest BCUT2D eigenvalue weighted by molar-refractivity contribution is 5.85. The third-order valence-electron chi connectivity index (χ3n) is 5.21. The molecule has 1 spiro atoms. The molecule has 1 aliphatic heterocycles. The summed E-state index contributed by atoms with van der Waals surface area (Å²) in [5, 5.41) is 0. The van der Waals surface area contributed by atoms with Gasteiger partial charge in [-0.25, -0.2) is 0 Å². The zero-order chi connectivity index (χ0) is 13.2. The summed E-state index contributed by atoms with van der Waals surface area (Å²) in [6, 6.07) is -0.297. The van der Waals surface area contributed by atoms with E-state index < -0.39 is 0 Å². The third kappa shape index (κ3) is 3.63. The van der Waals surface area contributed by atoms with Gasteiger partial charge in [0.15, 0.2) is 0 Å². The minimum absolute atomic E-state index is 0. The lowest BCUT2D eigenvalue weighted by molar-refractivity contribution is -0.133. The van der Waals surface area contributed by atoms with Gasteiger partial charge < -0.3 is 10.6 Å². The van der Waals surface area contributed by atoms with Crippen molar-refractivity contribution in [1.29, 1.82) is 0 Å². The largest absolute Gasteiger partial charge is 0.341 e. The number of hydrogen-bond donors (Lipinski definition) is 1. The molecule has 19 heavy (non-hydrogen) atoms. The van der Waals surface area contributed by atoms with Gasteiger partial charge in [-0.1, -0.05) is 39.5 Å². The van der Waals surface area contributed by atoms with Gasteiger partial charge in [-0.05, 0) is 30.6 Å². The van der Waals surface area contributed by atoms with Crippen LogP contribution in [0.15, 0.2) is 0 Å². The van der Waals surface area contributed by atoms with E-state index in [1.807, 2.05) is 4.90 Å². The first-order valence-corrected chi connectivity index (χ1v) is 7.62. The molecule has 2 atom stereocenters. The normalized spacial score (nSPS) is 24.9. The van der Waals surface area contributed by atoms with E-state index >= 15 is 0 Å². The Bertz CT molecular complexity index is 303. The first-order chi connectivity index (χ1) is 8.58. The molecule has 2 rings (SSSR count). The predicted molar refractivity (Wildman–Crippen MR) is 81.4 cm³/mol. The van der Waals surface area contributed by atoms with Gasteiger partial charge in [-0.2, -0.15) is 0 Å². The van der Waals surface area contributed by atoms with Gasteiger partial charge in [0.1, 0.15) is 0 Å². The lowest BCUT2D eigenvalue weighted by Gasteiger charge is -2.33. The number of carbonyl (C=O) groups excluding carboxylic acids is 1. The second-order valence-electron chi connectivity index (χ2n) is 6.48. The molecule has 4 heteroatoms. The monoisotopic (exact) mass is 288 g/mol. The summed E-state index contributed by atoms with van der Waals surface area (Å²) < 4.78 is 0. The van der Waals surface area contributed by atoms with Gasteiger partial charge in [0, 0.05) is 13.1 Å². The van der Waals surface area contributed by atoms with E-state index in [1.165, 1.54) is 38.5 Å². The Hall–Kier alpha value is -0.280. The van der Waals surface area contributed by atoms with Gasteiger partial charge in [0.25, 0.3) is 0 Å². The fourth-order valence-corrected chi connectivity index (χ4v) is 3.54. The van der Waals surface area contributed by atoms with E-state index in [1.54, 1.807) is 0 Å². The van der Waals surface area contributed by atoms with Crippen LogP contribution in [-0.4, -0.2) is 29.9 Å². The number of hydrogen-bond acceptors (Lipinski definition) is 2. The van der Waals surface area contributed by atoms with Gasteiger partial charge in [-0.3, -0.25) is 4.79 Å². The molecule has 2 aliphatic rings. The van der Waals surface area contributed by atoms with Crippen molar-refractivity contribution in [2.75, 3.05) is 13.1 Å². The van der Waals surface area contributed by atoms with E-state index in [0.29, 0.717) is 11.3 Å². The van der Waals surface area contributed by atoms with E-state index in [9.17, 15) is 4.79 Å². The number of halogens is 1. The van der Waals surface area contributed by atoms with Crippen LogP contribution < -0.4 is 5.73 Å². The van der Waals surface area contributed by atoms with Crippen LogP contribution in [0.4, 0.5) is 0 Å². The number of rotatable bonds is 3. The third-order valence-corrected chi connectivity index (χ3v) is 5.21. The summed E-state index contributed by atoms with van der Waals surface area (Å²) in [5.41, 5.74) is 6.53. The highest BCUT2D eigenvalue weighted by Crippen LogP contribution is 2.43. The molecular weight excluding hydrogens is 260 g/mol. The Morgan fingerprint density at radius 3 is 2.47 bits per heavy atom. The van der Waals surface area contributed by atoms with E-state index in [2.05, 4.69) is 13.8 Å². The van der Waals surface area contributed by atoms with Gasteiger partial charge in [-0.15, -0.1) is 12.4 Å². The average molecular weight is 289 g/mol. The van der Waals surface area contributed by atoms with Gasteiger partial charge >= 0.3 is 0 Å². The van der Waals surface area contributed by atoms with E-state index in [0.717, 1.165) is 19.5 Å². The van der Waals surface area contributed by atoms with Crippen LogP contribution in [-0.2, 0) is 4.79 Å². The van der Waals surface area contributed by atoms with Crippen molar-refractivity contribution >= 4 is 18.3 Å². The summed E-state index contributed by atoms with van der Waals surface area (Å²) in [7, 11) is 0. The quantitative estimate of drug-likeness (QED) is 0.868. The number of likely N-dealkylation sites (tertiary alicyclic amines) is 1. The smallest absolute Gasteiger partial charge is 0.239 e. The summed E-state index contributed by atoms with van der Waals surface area (Å²) in [4.78, 5) is 14.4. The van der Waals surface area contributed by atoms with Gasteiger partial charge in [0.2, 0.25) is 5.91 Å². The van der Waals surface area contributed by atoms with Crippen molar-refractivity contribution < 1.29 is 4.79 Å². The molecule has 1 saturated heterocycles. The second kappa shape index (κ2) is 6.94. The highest BCUT2D eigenvalue weighted by Gasteiger charge is 2.41. The Kier molecular flexibility index (Phi) is 6.13. The number of nitrogens with two attached hydrogens (primary N) is 1. The lowest BCUT2D eigenvalue weighted by Crippen LogP contribution is -2.46. The molecule has 1 saturated carbocycles. The fourth-order valence-electron chi connectivity index (χ4n) is 3.54. The van der Waals surface area contributed by atoms with E-state index in [4.69, 9.17) is 5.73 Å². The summed E-state index contributed by atoms with van der Waals surface area (Å²) in [5.74, 6) is 0.479. The maximum Gasteiger partial charge on any atom is 0.239 e. The molecule has 2 fully saturated rings. The number of carbonyl (C=O) groups is 1. The van der Waals surface area contributed by atoms with Crippen LogP contribution >= 0.6 is 12.4 Å². The first kappa shape index (κ1) is 16.8. The first-order valence-electron chi connectivity index (χ1n) is 7.62. The van der Waals surface area contributed by atoms with Crippen LogP contribution in [0.3, 0.4) is 0 Å². The Balaban J connectivity index is 0.00000180. The summed E-state index contributed by atoms with van der Waals surface area (Å²) >= 11 is 0. The fraction of sp³-hybridized carbons (Fsp3) is 0.933. The molecular formula is C15H29ClN2O. The zero-order valence-corrected chi connectivity index (χ0v) is 13.2. The van der Waals surface area contributed by atoms with Crippen molar-refractivity contribution in [1.82, 2.24) is 4.90 Å². The Morgan fingerprint density at radius 2 is 1.89 bits per heavy atom. The second-order valence-corrected chi connectivity index (χ2v) is 6.48. The van der Waals surface area contributed by atoms with Crippen molar-refractivity contribution in [3.05, 3.63) is 0 Å². The molecule has 3 nitrogen and oxygen atoms in total. The topological polar surface area (TPSA) is 46.3 Å².